The van der Waals surface area contributed by atoms with Gasteiger partial charge in [-0.3, -0.25) is 9.59 Å². The van der Waals surface area contributed by atoms with Crippen LogP contribution in [0.4, 0.5) is 5.69 Å². The molecule has 0 aliphatic carbocycles. The first kappa shape index (κ1) is 24.7. The fourth-order valence-electron chi connectivity index (χ4n) is 4.43. The minimum absolute atomic E-state index is 0.0279. The van der Waals surface area contributed by atoms with Crippen LogP contribution in [0.2, 0.25) is 0 Å². The maximum absolute atomic E-state index is 11.8. The fraction of sp³-hybridized carbons (Fsp3) is 0.538. The molecule has 0 unspecified atom stereocenters. The molecule has 0 bridgehead atoms. The van der Waals surface area contributed by atoms with Gasteiger partial charge in [-0.25, -0.2) is 9.97 Å². The second-order valence-corrected chi connectivity index (χ2v) is 8.97. The highest BCUT2D eigenvalue weighted by Crippen LogP contribution is 2.27. The first-order valence-corrected chi connectivity index (χ1v) is 12.1. The fourth-order valence-corrected chi connectivity index (χ4v) is 4.43. The Labute approximate surface area is 196 Å². The largest absolute Gasteiger partial charge is 0.422 e. The van der Waals surface area contributed by atoms with Crippen molar-refractivity contribution >= 4 is 17.6 Å². The van der Waals surface area contributed by atoms with Crippen molar-refractivity contribution in [3.05, 3.63) is 47.0 Å². The zero-order valence-corrected chi connectivity index (χ0v) is 20.1. The number of benzene rings is 1. The third kappa shape index (κ3) is 7.01. The number of primary amides is 1. The minimum Gasteiger partial charge on any atom is -0.422 e. The van der Waals surface area contributed by atoms with Crippen molar-refractivity contribution in [1.82, 2.24) is 9.97 Å². The van der Waals surface area contributed by atoms with Gasteiger partial charge in [0.25, 0.3) is 5.91 Å². The highest BCUT2D eigenvalue weighted by atomic mass is 16.5. The van der Waals surface area contributed by atoms with Crippen molar-refractivity contribution in [2.75, 3.05) is 18.0 Å². The van der Waals surface area contributed by atoms with Gasteiger partial charge in [0.2, 0.25) is 0 Å². The maximum atomic E-state index is 11.8. The van der Waals surface area contributed by atoms with Crippen molar-refractivity contribution < 1.29 is 14.3 Å². The number of amides is 1. The molecule has 1 aromatic carbocycles. The van der Waals surface area contributed by atoms with Crippen LogP contribution in [0, 0.1) is 12.8 Å². The first-order chi connectivity index (χ1) is 15.9. The zero-order valence-electron chi connectivity index (χ0n) is 20.1. The molecule has 0 saturated carbocycles. The Morgan fingerprint density at radius 1 is 1.09 bits per heavy atom. The number of ether oxygens (including phenoxy) is 1. The zero-order chi connectivity index (χ0) is 23.8. The molecular formula is C26H36N4O3. The van der Waals surface area contributed by atoms with Crippen LogP contribution in [0.1, 0.15) is 79.9 Å². The predicted octanol–water partition coefficient (Wildman–Crippen LogP) is 4.39. The number of carbonyl (C=O) groups excluding carboxylic acids is 2. The van der Waals surface area contributed by atoms with Crippen molar-refractivity contribution in [2.45, 2.75) is 72.1 Å². The molecule has 33 heavy (non-hydrogen) atoms. The molecule has 1 aliphatic heterocycles. The summed E-state index contributed by atoms with van der Waals surface area (Å²) in [6.07, 6.45) is 9.04. The summed E-state index contributed by atoms with van der Waals surface area (Å²) in [5.74, 6) is -0.195. The number of piperidine rings is 1. The molecule has 0 radical (unpaired) electrons. The lowest BCUT2D eigenvalue weighted by molar-refractivity contribution is -0.132. The van der Waals surface area contributed by atoms with E-state index in [9.17, 15) is 9.59 Å². The number of esters is 1. The monoisotopic (exact) mass is 452 g/mol. The van der Waals surface area contributed by atoms with E-state index in [-0.39, 0.29) is 11.4 Å². The summed E-state index contributed by atoms with van der Waals surface area (Å²) < 4.78 is 5.11. The number of aryl methyl sites for hydroxylation is 2. The Morgan fingerprint density at radius 2 is 1.79 bits per heavy atom. The molecule has 2 aromatic rings. The first-order valence-electron chi connectivity index (χ1n) is 12.1. The SMILES string of the molecule is CCCCCCc1ccc(N2CCC(Cc3nc(C)c(OC(C)=O)c(C(N)=O)n3)CC2)cc1. The lowest BCUT2D eigenvalue weighted by Gasteiger charge is -2.33. The number of anilines is 1. The van der Waals surface area contributed by atoms with E-state index in [0.29, 0.717) is 23.9 Å². The van der Waals surface area contributed by atoms with Crippen molar-refractivity contribution in [3.63, 3.8) is 0 Å². The highest BCUT2D eigenvalue weighted by molar-refractivity contribution is 5.94. The van der Waals surface area contributed by atoms with E-state index in [2.05, 4.69) is 46.1 Å². The van der Waals surface area contributed by atoms with E-state index in [1.54, 1.807) is 6.92 Å². The van der Waals surface area contributed by atoms with Crippen molar-refractivity contribution in [2.24, 2.45) is 11.7 Å². The summed E-state index contributed by atoms with van der Waals surface area (Å²) in [5, 5.41) is 0. The summed E-state index contributed by atoms with van der Waals surface area (Å²) in [6, 6.07) is 9.02. The van der Waals surface area contributed by atoms with Gasteiger partial charge in [-0.1, -0.05) is 38.3 Å². The molecule has 0 spiro atoms. The van der Waals surface area contributed by atoms with Gasteiger partial charge < -0.3 is 15.4 Å². The van der Waals surface area contributed by atoms with Crippen molar-refractivity contribution in [1.29, 1.82) is 0 Å². The molecule has 7 nitrogen and oxygen atoms in total. The van der Waals surface area contributed by atoms with E-state index in [0.717, 1.165) is 32.4 Å². The Bertz CT molecular complexity index is 951. The third-order valence-electron chi connectivity index (χ3n) is 6.27. The van der Waals surface area contributed by atoms with Gasteiger partial charge in [-0.05, 0) is 56.2 Å². The van der Waals surface area contributed by atoms with Crippen molar-refractivity contribution in [3.8, 4) is 5.75 Å². The molecule has 2 heterocycles. The molecule has 178 valence electrons. The summed E-state index contributed by atoms with van der Waals surface area (Å²) in [4.78, 5) is 34.4. The Hall–Kier alpha value is -2.96. The standard InChI is InChI=1S/C26H36N4O3/c1-4-5-6-7-8-20-9-11-22(12-10-20)30-15-13-21(14-16-30)17-23-28-18(2)25(33-19(3)31)24(29-23)26(27)32/h9-12,21H,4-8,13-17H2,1-3H3,(H2,27,32). The van der Waals surface area contributed by atoms with E-state index < -0.39 is 11.9 Å². The molecule has 1 aromatic heterocycles. The predicted molar refractivity (Wildman–Crippen MR) is 130 cm³/mol. The number of rotatable bonds is 10. The van der Waals surface area contributed by atoms with Gasteiger partial charge in [-0.2, -0.15) is 0 Å². The lowest BCUT2D eigenvalue weighted by atomic mass is 9.92. The molecule has 0 atom stereocenters. The molecule has 1 aliphatic rings. The molecule has 3 rings (SSSR count). The quantitative estimate of drug-likeness (QED) is 0.424. The number of nitrogens with zero attached hydrogens (tertiary/aromatic N) is 3. The van der Waals surface area contributed by atoms with Gasteiger partial charge in [-0.15, -0.1) is 0 Å². The number of hydrogen-bond donors (Lipinski definition) is 1. The second kappa shape index (κ2) is 11.8. The third-order valence-corrected chi connectivity index (χ3v) is 6.27. The number of unbranched alkanes of at least 4 members (excludes halogenated alkanes) is 3. The van der Waals surface area contributed by atoms with E-state index in [1.165, 1.54) is 43.9 Å². The van der Waals surface area contributed by atoms with Crippen LogP contribution in [0.25, 0.3) is 0 Å². The van der Waals surface area contributed by atoms with Crippen LogP contribution < -0.4 is 15.4 Å². The number of carbonyl (C=O) groups is 2. The van der Waals surface area contributed by atoms with Crippen LogP contribution in [-0.4, -0.2) is 34.9 Å². The Morgan fingerprint density at radius 3 is 2.39 bits per heavy atom. The van der Waals surface area contributed by atoms with Crippen LogP contribution in [0.15, 0.2) is 24.3 Å². The summed E-state index contributed by atoms with van der Waals surface area (Å²) >= 11 is 0. The average Bonchev–Trinajstić information content (AvgIpc) is 2.79. The molecule has 7 heteroatoms. The van der Waals surface area contributed by atoms with E-state index in [4.69, 9.17) is 10.5 Å². The van der Waals surface area contributed by atoms with E-state index in [1.807, 2.05) is 0 Å². The molecule has 1 fully saturated rings. The molecule has 1 amide bonds. The van der Waals surface area contributed by atoms with Crippen LogP contribution >= 0.6 is 0 Å². The van der Waals surface area contributed by atoms with Crippen LogP contribution in [0.5, 0.6) is 5.75 Å². The molecule has 1 saturated heterocycles. The van der Waals surface area contributed by atoms with Gasteiger partial charge in [0.05, 0.1) is 5.69 Å². The number of aromatic nitrogens is 2. The molecular weight excluding hydrogens is 416 g/mol. The second-order valence-electron chi connectivity index (χ2n) is 8.97. The van der Waals surface area contributed by atoms with Gasteiger partial charge in [0.1, 0.15) is 5.82 Å². The average molecular weight is 453 g/mol. The number of hydrogen-bond acceptors (Lipinski definition) is 6. The Balaban J connectivity index is 1.56. The topological polar surface area (TPSA) is 98.4 Å². The summed E-state index contributed by atoms with van der Waals surface area (Å²) in [6.45, 7) is 7.17. The van der Waals surface area contributed by atoms with Gasteiger partial charge in [0, 0.05) is 32.1 Å². The lowest BCUT2D eigenvalue weighted by Crippen LogP contribution is -2.34. The smallest absolute Gasteiger partial charge is 0.308 e. The molecule has 2 N–H and O–H groups in total. The minimum atomic E-state index is -0.721. The summed E-state index contributed by atoms with van der Waals surface area (Å²) in [5.41, 5.74) is 8.59. The maximum Gasteiger partial charge on any atom is 0.308 e. The Kier molecular flexibility index (Phi) is 8.80. The highest BCUT2D eigenvalue weighted by Gasteiger charge is 2.24. The van der Waals surface area contributed by atoms with Crippen LogP contribution in [0.3, 0.4) is 0 Å². The van der Waals surface area contributed by atoms with E-state index >= 15 is 0 Å². The van der Waals surface area contributed by atoms with Gasteiger partial charge >= 0.3 is 5.97 Å². The normalized spacial score (nSPS) is 14.3. The number of nitrogens with two attached hydrogens (primary N) is 1. The van der Waals surface area contributed by atoms with Gasteiger partial charge in [0.15, 0.2) is 11.4 Å². The summed E-state index contributed by atoms with van der Waals surface area (Å²) in [7, 11) is 0. The van der Waals surface area contributed by atoms with Crippen LogP contribution in [-0.2, 0) is 17.6 Å².